The first-order valence-corrected chi connectivity index (χ1v) is 6.79. The van der Waals surface area contributed by atoms with Crippen LogP contribution in [0.2, 0.25) is 0 Å². The van der Waals surface area contributed by atoms with E-state index in [1.807, 2.05) is 0 Å². The van der Waals surface area contributed by atoms with Crippen molar-refractivity contribution in [1.82, 2.24) is 4.90 Å². The summed E-state index contributed by atoms with van der Waals surface area (Å²) in [6, 6.07) is 10.1. The van der Waals surface area contributed by atoms with Crippen LogP contribution < -0.4 is 4.90 Å². The quantitative estimate of drug-likeness (QED) is 0.717. The SMILES string of the molecule is CN(C)c1ccc(C2C3N4CCCCC234)cc1. The summed E-state index contributed by atoms with van der Waals surface area (Å²) in [6.45, 7) is 1.36. The minimum atomic E-state index is 0.637. The molecule has 3 fully saturated rings. The van der Waals surface area contributed by atoms with Gasteiger partial charge in [-0.15, -0.1) is 0 Å². The Kier molecular flexibility index (Phi) is 1.79. The third-order valence-electron chi connectivity index (χ3n) is 5.06. The minimum absolute atomic E-state index is 0.637. The fraction of sp³-hybridized carbons (Fsp3) is 0.600. The van der Waals surface area contributed by atoms with Gasteiger partial charge in [-0.25, -0.2) is 0 Å². The van der Waals surface area contributed by atoms with E-state index in [-0.39, 0.29) is 0 Å². The highest BCUT2D eigenvalue weighted by Gasteiger charge is 2.85. The van der Waals surface area contributed by atoms with Gasteiger partial charge in [0.25, 0.3) is 0 Å². The molecule has 0 N–H and O–H groups in total. The van der Waals surface area contributed by atoms with Gasteiger partial charge in [-0.2, -0.15) is 0 Å². The Morgan fingerprint density at radius 2 is 1.94 bits per heavy atom. The number of nitrogens with zero attached hydrogens (tertiary/aromatic N) is 2. The van der Waals surface area contributed by atoms with Crippen molar-refractivity contribution in [1.29, 1.82) is 0 Å². The van der Waals surface area contributed by atoms with Gasteiger partial charge in [0.1, 0.15) is 0 Å². The van der Waals surface area contributed by atoms with Crippen molar-refractivity contribution in [3.63, 3.8) is 0 Å². The average Bonchev–Trinajstić information content (AvgIpc) is 3.17. The molecule has 0 bridgehead atoms. The summed E-state index contributed by atoms with van der Waals surface area (Å²) in [4.78, 5) is 4.89. The van der Waals surface area contributed by atoms with Gasteiger partial charge in [0, 0.05) is 37.3 Å². The van der Waals surface area contributed by atoms with Gasteiger partial charge in [0.2, 0.25) is 0 Å². The standard InChI is InChI=1S/C15H20N2/c1-16(2)12-7-5-11(6-8-12)13-14-15(13)9-3-4-10-17(14)15/h5-8,13-14H,3-4,9-10H2,1-2H3. The third kappa shape index (κ3) is 1.14. The number of piperidine rings is 1. The molecule has 4 unspecified atom stereocenters. The second-order valence-electron chi connectivity index (χ2n) is 6.05. The van der Waals surface area contributed by atoms with E-state index in [1.54, 1.807) is 5.56 Å². The number of anilines is 1. The van der Waals surface area contributed by atoms with Crippen molar-refractivity contribution >= 4 is 5.69 Å². The van der Waals surface area contributed by atoms with E-state index in [2.05, 4.69) is 48.2 Å². The molecule has 0 radical (unpaired) electrons. The van der Waals surface area contributed by atoms with Crippen LogP contribution in [0.1, 0.15) is 30.7 Å². The molecule has 4 atom stereocenters. The smallest absolute Gasteiger partial charge is 0.0459 e. The van der Waals surface area contributed by atoms with Gasteiger partial charge in [0.15, 0.2) is 0 Å². The van der Waals surface area contributed by atoms with Gasteiger partial charge in [-0.1, -0.05) is 18.6 Å². The molecular formula is C15H20N2. The van der Waals surface area contributed by atoms with Gasteiger partial charge in [0.05, 0.1) is 0 Å². The predicted molar refractivity (Wildman–Crippen MR) is 70.6 cm³/mol. The minimum Gasteiger partial charge on any atom is -0.378 e. The molecule has 1 aromatic rings. The maximum absolute atomic E-state index is 2.72. The predicted octanol–water partition coefficient (Wildman–Crippen LogP) is 2.46. The van der Waals surface area contributed by atoms with Crippen LogP contribution in [-0.4, -0.2) is 37.1 Å². The normalized spacial score (nSPS) is 41.4. The molecule has 2 saturated heterocycles. The van der Waals surface area contributed by atoms with Crippen LogP contribution in [0.5, 0.6) is 0 Å². The van der Waals surface area contributed by atoms with Crippen molar-refractivity contribution < 1.29 is 0 Å². The molecule has 1 spiro atoms. The second kappa shape index (κ2) is 3.05. The fourth-order valence-electron chi connectivity index (χ4n) is 4.05. The molecule has 2 heterocycles. The molecule has 2 aliphatic heterocycles. The summed E-state index contributed by atoms with van der Waals surface area (Å²) in [5.74, 6) is 0.860. The summed E-state index contributed by atoms with van der Waals surface area (Å²) in [7, 11) is 4.20. The molecule has 2 heteroatoms. The Morgan fingerprint density at radius 3 is 2.59 bits per heavy atom. The topological polar surface area (TPSA) is 6.25 Å². The Hall–Kier alpha value is -1.02. The maximum atomic E-state index is 2.72. The van der Waals surface area contributed by atoms with Crippen molar-refractivity contribution in [2.24, 2.45) is 0 Å². The number of hydrogen-bond donors (Lipinski definition) is 0. The van der Waals surface area contributed by atoms with Crippen LogP contribution in [0.25, 0.3) is 0 Å². The monoisotopic (exact) mass is 228 g/mol. The zero-order valence-corrected chi connectivity index (χ0v) is 10.7. The molecule has 3 aliphatic rings. The highest BCUT2D eigenvalue weighted by atomic mass is 15.5. The Balaban J connectivity index is 1.55. The van der Waals surface area contributed by atoms with Crippen LogP contribution in [0, 0.1) is 0 Å². The van der Waals surface area contributed by atoms with Crippen LogP contribution in [0.15, 0.2) is 24.3 Å². The average molecular weight is 228 g/mol. The van der Waals surface area contributed by atoms with E-state index in [0.717, 1.165) is 12.0 Å². The van der Waals surface area contributed by atoms with Crippen molar-refractivity contribution in [2.75, 3.05) is 25.5 Å². The molecule has 1 aromatic carbocycles. The Labute approximate surface area is 103 Å². The third-order valence-corrected chi connectivity index (χ3v) is 5.06. The number of hydrogen-bond acceptors (Lipinski definition) is 2. The Bertz CT molecular complexity index is 450. The summed E-state index contributed by atoms with van der Waals surface area (Å²) in [6.07, 6.45) is 4.31. The lowest BCUT2D eigenvalue weighted by molar-refractivity contribution is 0.257. The molecule has 2 nitrogen and oxygen atoms in total. The maximum Gasteiger partial charge on any atom is 0.0459 e. The van der Waals surface area contributed by atoms with Crippen LogP contribution >= 0.6 is 0 Å². The van der Waals surface area contributed by atoms with E-state index in [9.17, 15) is 0 Å². The lowest BCUT2D eigenvalue weighted by Gasteiger charge is -2.26. The van der Waals surface area contributed by atoms with Crippen LogP contribution in [0.3, 0.4) is 0 Å². The number of fused-ring (bicyclic) bond motifs is 1. The van der Waals surface area contributed by atoms with Crippen LogP contribution in [0.4, 0.5) is 5.69 Å². The second-order valence-corrected chi connectivity index (χ2v) is 6.05. The summed E-state index contributed by atoms with van der Waals surface area (Å²) < 4.78 is 0. The van der Waals surface area contributed by atoms with Crippen molar-refractivity contribution in [2.45, 2.75) is 36.8 Å². The Morgan fingerprint density at radius 1 is 1.18 bits per heavy atom. The van der Waals surface area contributed by atoms with E-state index in [4.69, 9.17) is 0 Å². The lowest BCUT2D eigenvalue weighted by atomic mass is 9.97. The number of benzene rings is 1. The zero-order valence-electron chi connectivity index (χ0n) is 10.7. The van der Waals surface area contributed by atoms with Gasteiger partial charge in [-0.3, -0.25) is 4.90 Å². The molecule has 90 valence electrons. The molecule has 0 amide bonds. The first kappa shape index (κ1) is 9.95. The molecule has 1 saturated carbocycles. The molecular weight excluding hydrogens is 208 g/mol. The van der Waals surface area contributed by atoms with E-state index >= 15 is 0 Å². The highest BCUT2D eigenvalue weighted by Crippen LogP contribution is 2.76. The van der Waals surface area contributed by atoms with Crippen LogP contribution in [-0.2, 0) is 0 Å². The molecule has 17 heavy (non-hydrogen) atoms. The fourth-order valence-corrected chi connectivity index (χ4v) is 4.05. The summed E-state index contributed by atoms with van der Waals surface area (Å²) in [5, 5.41) is 0. The van der Waals surface area contributed by atoms with Crippen molar-refractivity contribution in [3.05, 3.63) is 29.8 Å². The molecule has 4 rings (SSSR count). The first-order valence-electron chi connectivity index (χ1n) is 6.79. The van der Waals surface area contributed by atoms with Crippen molar-refractivity contribution in [3.8, 4) is 0 Å². The van der Waals surface area contributed by atoms with E-state index in [0.29, 0.717) is 5.54 Å². The van der Waals surface area contributed by atoms with E-state index in [1.165, 1.54) is 31.5 Å². The summed E-state index contributed by atoms with van der Waals surface area (Å²) in [5.41, 5.74) is 3.51. The largest absolute Gasteiger partial charge is 0.378 e. The van der Waals surface area contributed by atoms with E-state index < -0.39 is 0 Å². The molecule has 1 aliphatic carbocycles. The summed E-state index contributed by atoms with van der Waals surface area (Å²) >= 11 is 0. The number of rotatable bonds is 2. The van der Waals surface area contributed by atoms with Gasteiger partial charge in [-0.05, 0) is 37.1 Å². The lowest BCUT2D eigenvalue weighted by Crippen LogP contribution is -2.28. The highest BCUT2D eigenvalue weighted by molar-refractivity contribution is 5.55. The van der Waals surface area contributed by atoms with Gasteiger partial charge >= 0.3 is 0 Å². The molecule has 0 aromatic heterocycles. The first-order chi connectivity index (χ1) is 8.25. The van der Waals surface area contributed by atoms with Gasteiger partial charge < -0.3 is 4.90 Å². The zero-order chi connectivity index (χ0) is 11.6.